The molecule has 1 unspecified atom stereocenters. The molecule has 1 aliphatic rings. The van der Waals surface area contributed by atoms with E-state index in [1.54, 1.807) is 14.2 Å². The average Bonchev–Trinajstić information content (AvgIpc) is 2.91. The van der Waals surface area contributed by atoms with E-state index in [1.165, 1.54) is 35.1 Å². The second kappa shape index (κ2) is 11.3. The van der Waals surface area contributed by atoms with Crippen LogP contribution in [0, 0.1) is 0 Å². The summed E-state index contributed by atoms with van der Waals surface area (Å²) < 4.78 is 11.2. The van der Waals surface area contributed by atoms with Gasteiger partial charge in [0, 0.05) is 17.5 Å². The molecule has 186 valence electrons. The van der Waals surface area contributed by atoms with Gasteiger partial charge in [0.05, 0.1) is 14.2 Å². The first-order valence-electron chi connectivity index (χ1n) is 13.2. The van der Waals surface area contributed by atoms with Crippen LogP contribution in [0.1, 0.15) is 74.6 Å². The van der Waals surface area contributed by atoms with Gasteiger partial charge >= 0.3 is 0 Å². The predicted molar refractivity (Wildman–Crippen MR) is 146 cm³/mol. The molecule has 1 heterocycles. The second-order valence-corrected chi connectivity index (χ2v) is 10.1. The van der Waals surface area contributed by atoms with Gasteiger partial charge in [-0.25, -0.2) is 0 Å². The van der Waals surface area contributed by atoms with Gasteiger partial charge in [-0.05, 0) is 67.0 Å². The lowest BCUT2D eigenvalue weighted by Crippen LogP contribution is -2.45. The topological polar surface area (TPSA) is 30.5 Å². The number of nitrogens with one attached hydrogen (secondary N) is 1. The fourth-order valence-corrected chi connectivity index (χ4v) is 6.15. The lowest BCUT2D eigenvalue weighted by atomic mass is 9.68. The van der Waals surface area contributed by atoms with E-state index in [4.69, 9.17) is 9.47 Å². The number of ether oxygens (including phenoxy) is 2. The van der Waals surface area contributed by atoms with Crippen LogP contribution in [0.3, 0.4) is 0 Å². The smallest absolute Gasteiger partial charge is 0.161 e. The monoisotopic (exact) mass is 471 g/mol. The van der Waals surface area contributed by atoms with Crippen molar-refractivity contribution in [3.8, 4) is 11.5 Å². The third-order valence-electron chi connectivity index (χ3n) is 7.97. The van der Waals surface area contributed by atoms with Crippen LogP contribution in [0.2, 0.25) is 0 Å². The van der Waals surface area contributed by atoms with Crippen LogP contribution in [-0.4, -0.2) is 20.8 Å². The SMILES string of the molecule is CCCC(CCCCC1(C)NCCc2cc(OC)c(OC)cc21)(c1ccccc1)c1ccccc1. The van der Waals surface area contributed by atoms with Crippen LogP contribution in [0.5, 0.6) is 11.5 Å². The molecule has 1 atom stereocenters. The maximum atomic E-state index is 5.64. The molecule has 35 heavy (non-hydrogen) atoms. The van der Waals surface area contributed by atoms with Crippen LogP contribution in [0.25, 0.3) is 0 Å². The van der Waals surface area contributed by atoms with Gasteiger partial charge in [0.15, 0.2) is 11.5 Å². The zero-order valence-electron chi connectivity index (χ0n) is 21.9. The van der Waals surface area contributed by atoms with Gasteiger partial charge in [0.2, 0.25) is 0 Å². The first-order valence-corrected chi connectivity index (χ1v) is 13.2. The lowest BCUT2D eigenvalue weighted by molar-refractivity contribution is 0.297. The van der Waals surface area contributed by atoms with Crippen molar-refractivity contribution in [2.45, 2.75) is 69.7 Å². The van der Waals surface area contributed by atoms with Crippen molar-refractivity contribution in [3.63, 3.8) is 0 Å². The van der Waals surface area contributed by atoms with Crippen molar-refractivity contribution in [2.75, 3.05) is 20.8 Å². The van der Waals surface area contributed by atoms with Crippen LogP contribution >= 0.6 is 0 Å². The molecule has 0 fully saturated rings. The summed E-state index contributed by atoms with van der Waals surface area (Å²) >= 11 is 0. The summed E-state index contributed by atoms with van der Waals surface area (Å²) in [4.78, 5) is 0. The number of hydrogen-bond acceptors (Lipinski definition) is 3. The summed E-state index contributed by atoms with van der Waals surface area (Å²) in [6, 6.07) is 26.7. The fraction of sp³-hybridized carbons (Fsp3) is 0.438. The summed E-state index contributed by atoms with van der Waals surface area (Å²) in [5.41, 5.74) is 5.62. The molecule has 3 aromatic carbocycles. The molecule has 1 N–H and O–H groups in total. The van der Waals surface area contributed by atoms with Crippen molar-refractivity contribution in [1.82, 2.24) is 5.32 Å². The van der Waals surface area contributed by atoms with Crippen molar-refractivity contribution in [3.05, 3.63) is 95.1 Å². The van der Waals surface area contributed by atoms with Gasteiger partial charge in [-0.15, -0.1) is 0 Å². The van der Waals surface area contributed by atoms with Gasteiger partial charge in [-0.3, -0.25) is 0 Å². The number of benzene rings is 3. The van der Waals surface area contributed by atoms with Crippen molar-refractivity contribution in [1.29, 1.82) is 0 Å². The first-order chi connectivity index (χ1) is 17.1. The Hall–Kier alpha value is -2.78. The van der Waals surface area contributed by atoms with Gasteiger partial charge in [0.25, 0.3) is 0 Å². The van der Waals surface area contributed by atoms with Gasteiger partial charge in [-0.1, -0.05) is 86.8 Å². The molecule has 0 saturated heterocycles. The minimum Gasteiger partial charge on any atom is -0.493 e. The summed E-state index contributed by atoms with van der Waals surface area (Å²) in [7, 11) is 3.44. The van der Waals surface area contributed by atoms with E-state index in [9.17, 15) is 0 Å². The van der Waals surface area contributed by atoms with E-state index in [0.717, 1.165) is 50.1 Å². The van der Waals surface area contributed by atoms with E-state index in [1.807, 2.05) is 0 Å². The summed E-state index contributed by atoms with van der Waals surface area (Å²) in [5, 5.41) is 3.83. The second-order valence-electron chi connectivity index (χ2n) is 10.1. The normalized spacial score (nSPS) is 17.6. The third kappa shape index (κ3) is 5.26. The average molecular weight is 472 g/mol. The molecular formula is C32H41NO2. The summed E-state index contributed by atoms with van der Waals surface area (Å²) in [6.07, 6.45) is 7.96. The van der Waals surface area contributed by atoms with Crippen molar-refractivity contribution >= 4 is 0 Å². The highest BCUT2D eigenvalue weighted by molar-refractivity contribution is 5.50. The van der Waals surface area contributed by atoms with Crippen molar-refractivity contribution in [2.24, 2.45) is 0 Å². The molecule has 4 rings (SSSR count). The Labute approximate surface area is 211 Å². The highest BCUT2D eigenvalue weighted by Gasteiger charge is 2.35. The van der Waals surface area contributed by atoms with E-state index in [0.29, 0.717) is 0 Å². The molecule has 0 amide bonds. The molecule has 0 aromatic heterocycles. The van der Waals surface area contributed by atoms with Crippen molar-refractivity contribution < 1.29 is 9.47 Å². The minimum absolute atomic E-state index is 0.0555. The molecule has 0 bridgehead atoms. The minimum atomic E-state index is -0.0555. The standard InChI is InChI=1S/C32H41NO2/c1-5-19-32(26-14-8-6-9-15-26,27-16-10-7-11-17-27)21-13-12-20-31(2)28-24-30(35-4)29(34-3)23-25(28)18-22-33-31/h6-11,14-17,23-24,33H,5,12-13,18-22H2,1-4H3. The molecule has 0 spiro atoms. The Morgan fingerprint density at radius 1 is 0.829 bits per heavy atom. The Bertz CT molecular complexity index is 1040. The number of fused-ring (bicyclic) bond motifs is 1. The van der Waals surface area contributed by atoms with Crippen LogP contribution in [0.4, 0.5) is 0 Å². The molecular weight excluding hydrogens is 430 g/mol. The Kier molecular flexibility index (Phi) is 8.18. The number of methoxy groups -OCH3 is 2. The maximum absolute atomic E-state index is 5.64. The third-order valence-corrected chi connectivity index (χ3v) is 7.97. The Morgan fingerprint density at radius 2 is 1.43 bits per heavy atom. The maximum Gasteiger partial charge on any atom is 0.161 e. The zero-order chi connectivity index (χ0) is 24.7. The molecule has 1 aliphatic heterocycles. The Balaban J connectivity index is 1.55. The largest absolute Gasteiger partial charge is 0.493 e. The quantitative estimate of drug-likeness (QED) is 0.295. The molecule has 0 aliphatic carbocycles. The zero-order valence-corrected chi connectivity index (χ0v) is 21.9. The molecule has 3 nitrogen and oxygen atoms in total. The van der Waals surface area contributed by atoms with Gasteiger partial charge < -0.3 is 14.8 Å². The summed E-state index contributed by atoms with van der Waals surface area (Å²) in [5.74, 6) is 1.64. The highest BCUT2D eigenvalue weighted by atomic mass is 16.5. The van der Waals surface area contributed by atoms with Crippen LogP contribution < -0.4 is 14.8 Å². The highest BCUT2D eigenvalue weighted by Crippen LogP contribution is 2.43. The predicted octanol–water partition coefficient (Wildman–Crippen LogP) is 7.41. The number of unbranched alkanes of at least 4 members (excludes halogenated alkanes) is 1. The Morgan fingerprint density at radius 3 is 2.00 bits per heavy atom. The number of rotatable bonds is 11. The van der Waals surface area contributed by atoms with E-state index in [2.05, 4.69) is 92.0 Å². The molecule has 3 aromatic rings. The molecule has 0 radical (unpaired) electrons. The van der Waals surface area contributed by atoms with Crippen LogP contribution in [0.15, 0.2) is 72.8 Å². The summed E-state index contributed by atoms with van der Waals surface area (Å²) in [6.45, 7) is 5.66. The van der Waals surface area contributed by atoms with E-state index in [-0.39, 0.29) is 11.0 Å². The van der Waals surface area contributed by atoms with E-state index >= 15 is 0 Å². The van der Waals surface area contributed by atoms with Crippen LogP contribution in [-0.2, 0) is 17.4 Å². The van der Waals surface area contributed by atoms with E-state index < -0.39 is 0 Å². The van der Waals surface area contributed by atoms with Gasteiger partial charge in [0.1, 0.15) is 0 Å². The lowest BCUT2D eigenvalue weighted by Gasteiger charge is -2.39. The first kappa shape index (κ1) is 25.3. The number of hydrogen-bond donors (Lipinski definition) is 1. The molecule has 0 saturated carbocycles. The molecule has 3 heteroatoms. The fourth-order valence-electron chi connectivity index (χ4n) is 6.15. The van der Waals surface area contributed by atoms with Gasteiger partial charge in [-0.2, -0.15) is 0 Å².